The standard InChI is InChI=1S/C40H51N4O2/c1-11-43-23(7)39(9,19-21(3)4)29-17-27(33-25(35(29)43)13-15-41-33)31-37(45)32(38(31)46)28-18-30-36(26-14-16-42-34(26)28)44(12-2)24(8)40(30,10)20-22(5)6/h13-18,21-24,37,41,46H,11-12,19-20H2,1-10H3/q-1/b32-28-. The summed E-state index contributed by atoms with van der Waals surface area (Å²) in [6, 6.07) is 7.22. The molecule has 3 aromatic rings. The topological polar surface area (TPSA) is 77.9 Å². The molecule has 0 radical (unpaired) electrons. The minimum Gasteiger partial charge on any atom is -0.845 e. The van der Waals surface area contributed by atoms with Crippen LogP contribution in [0.15, 0.2) is 41.3 Å². The number of benzene rings is 2. The fourth-order valence-corrected chi connectivity index (χ4v) is 9.94. The Balaban J connectivity index is 1.48. The largest absolute Gasteiger partial charge is 0.845 e. The molecule has 7 rings (SSSR count). The van der Waals surface area contributed by atoms with Crippen molar-refractivity contribution in [2.75, 3.05) is 22.9 Å². The number of aliphatic hydroxyl groups is 1. The molecule has 0 saturated carbocycles. The Morgan fingerprint density at radius 1 is 0.913 bits per heavy atom. The van der Waals surface area contributed by atoms with Crippen LogP contribution >= 0.6 is 0 Å². The van der Waals surface area contributed by atoms with Crippen LogP contribution in [0.25, 0.3) is 28.1 Å². The molecule has 1 aromatic heterocycles. The monoisotopic (exact) mass is 619 g/mol. The lowest BCUT2D eigenvalue weighted by Crippen LogP contribution is -2.45. The first kappa shape index (κ1) is 31.1. The van der Waals surface area contributed by atoms with Gasteiger partial charge in [0.1, 0.15) is 5.76 Å². The van der Waals surface area contributed by atoms with Crippen molar-refractivity contribution in [3.05, 3.63) is 69.2 Å². The minimum absolute atomic E-state index is 0.0708. The van der Waals surface area contributed by atoms with Gasteiger partial charge in [-0.3, -0.25) is 4.99 Å². The van der Waals surface area contributed by atoms with E-state index in [1.54, 1.807) is 0 Å². The molecule has 5 unspecified atom stereocenters. The van der Waals surface area contributed by atoms with E-state index < -0.39 is 6.10 Å². The van der Waals surface area contributed by atoms with Crippen LogP contribution in [0.5, 0.6) is 0 Å². The maximum atomic E-state index is 14.5. The molecule has 0 fully saturated rings. The van der Waals surface area contributed by atoms with Crippen molar-refractivity contribution in [3.63, 3.8) is 0 Å². The molecule has 6 heteroatoms. The molecule has 4 heterocycles. The second-order valence-electron chi connectivity index (χ2n) is 15.6. The van der Waals surface area contributed by atoms with Gasteiger partial charge < -0.3 is 25.0 Å². The van der Waals surface area contributed by atoms with E-state index in [1.807, 2.05) is 12.4 Å². The zero-order valence-corrected chi connectivity index (χ0v) is 29.4. The van der Waals surface area contributed by atoms with Crippen molar-refractivity contribution >= 4 is 39.5 Å². The van der Waals surface area contributed by atoms with Crippen molar-refractivity contribution in [1.82, 2.24) is 4.98 Å². The van der Waals surface area contributed by atoms with Crippen molar-refractivity contribution < 1.29 is 10.2 Å². The van der Waals surface area contributed by atoms with E-state index >= 15 is 0 Å². The van der Waals surface area contributed by atoms with Gasteiger partial charge in [0.2, 0.25) is 0 Å². The van der Waals surface area contributed by atoms with Gasteiger partial charge in [-0.15, -0.1) is 0 Å². The summed E-state index contributed by atoms with van der Waals surface area (Å²) in [4.78, 5) is 13.3. The molecule has 2 aromatic carbocycles. The smallest absolute Gasteiger partial charge is 0.121 e. The summed E-state index contributed by atoms with van der Waals surface area (Å²) in [6.07, 6.45) is 6.84. The van der Waals surface area contributed by atoms with Gasteiger partial charge in [0.05, 0.1) is 22.2 Å². The van der Waals surface area contributed by atoms with Crippen LogP contribution in [0.3, 0.4) is 0 Å². The molecule has 1 aliphatic carbocycles. The summed E-state index contributed by atoms with van der Waals surface area (Å²) in [6.45, 7) is 24.9. The molecule has 0 spiro atoms. The number of aliphatic hydroxyl groups excluding tert-OH is 1. The first-order chi connectivity index (χ1) is 21.8. The summed E-state index contributed by atoms with van der Waals surface area (Å²) in [5.41, 5.74) is 8.74. The zero-order valence-electron chi connectivity index (χ0n) is 29.4. The average Bonchev–Trinajstić information content (AvgIpc) is 3.75. The molecule has 46 heavy (non-hydrogen) atoms. The fraction of sp³-hybridized carbons (Fsp3) is 0.525. The van der Waals surface area contributed by atoms with Gasteiger partial charge in [0.25, 0.3) is 0 Å². The quantitative estimate of drug-likeness (QED) is 0.309. The van der Waals surface area contributed by atoms with Gasteiger partial charge in [0.15, 0.2) is 0 Å². The number of rotatable bonds is 7. The number of nitrogens with zero attached hydrogens (tertiary/aromatic N) is 3. The van der Waals surface area contributed by atoms with Crippen molar-refractivity contribution in [1.29, 1.82) is 0 Å². The minimum atomic E-state index is -1.17. The van der Waals surface area contributed by atoms with Gasteiger partial charge in [-0.1, -0.05) is 47.6 Å². The molecule has 6 nitrogen and oxygen atoms in total. The summed E-state index contributed by atoms with van der Waals surface area (Å²) in [5, 5.41) is 29.2. The van der Waals surface area contributed by atoms with Crippen LogP contribution in [0.4, 0.5) is 11.4 Å². The average molecular weight is 620 g/mol. The van der Waals surface area contributed by atoms with E-state index in [0.717, 1.165) is 58.5 Å². The van der Waals surface area contributed by atoms with Gasteiger partial charge >= 0.3 is 0 Å². The predicted octanol–water partition coefficient (Wildman–Crippen LogP) is 6.70. The van der Waals surface area contributed by atoms with Crippen LogP contribution in [0.1, 0.15) is 104 Å². The molecule has 2 N–H and O–H groups in total. The highest BCUT2D eigenvalue weighted by Gasteiger charge is 2.48. The first-order valence-corrected chi connectivity index (χ1v) is 17.5. The third kappa shape index (κ3) is 3.95. The van der Waals surface area contributed by atoms with E-state index in [-0.39, 0.29) is 16.6 Å². The lowest BCUT2D eigenvalue weighted by Gasteiger charge is -2.40. The number of hydrogen-bond donors (Lipinski definition) is 2. The van der Waals surface area contributed by atoms with E-state index in [1.165, 1.54) is 22.5 Å². The number of aromatic amines is 1. The van der Waals surface area contributed by atoms with E-state index in [4.69, 9.17) is 4.99 Å². The number of likely N-dealkylation sites (N-methyl/N-ethyl adjacent to an activating group) is 2. The second kappa shape index (κ2) is 10.5. The lowest BCUT2D eigenvalue weighted by atomic mass is 9.71. The molecule has 0 amide bonds. The second-order valence-corrected chi connectivity index (χ2v) is 15.6. The Bertz CT molecular complexity index is 1950. The highest BCUT2D eigenvalue weighted by Crippen LogP contribution is 2.54. The maximum absolute atomic E-state index is 14.5. The first-order valence-electron chi connectivity index (χ1n) is 17.5. The van der Waals surface area contributed by atoms with Crippen molar-refractivity contribution in [2.45, 2.75) is 111 Å². The molecule has 0 bridgehead atoms. The zero-order chi connectivity index (χ0) is 33.0. The number of nitrogens with one attached hydrogen (secondary N) is 1. The number of fused-ring (bicyclic) bond motifs is 6. The number of aromatic nitrogens is 1. The van der Waals surface area contributed by atoms with Gasteiger partial charge in [0, 0.05) is 70.1 Å². The third-order valence-electron chi connectivity index (χ3n) is 12.1. The third-order valence-corrected chi connectivity index (χ3v) is 12.1. The predicted molar refractivity (Wildman–Crippen MR) is 190 cm³/mol. The highest BCUT2D eigenvalue weighted by atomic mass is 16.3. The van der Waals surface area contributed by atoms with Gasteiger partial charge in [-0.2, -0.15) is 0 Å². The Kier molecular flexibility index (Phi) is 7.10. The molecule has 3 aliphatic heterocycles. The van der Waals surface area contributed by atoms with Crippen LogP contribution in [0, 0.1) is 11.8 Å². The SMILES string of the molecule is CCN1c2c(c/c(=C3/C(O)=C(c4cc5c(c6cc[nH]c46)N(CC)C(C)C5(C)CC(C)C)C3[O-])c3c2C=CN=3)C(C)(CC(C)C)C1C. The Hall–Kier alpha value is -3.51. The number of anilines is 2. The summed E-state index contributed by atoms with van der Waals surface area (Å²) in [5.74, 6) is 1.17. The van der Waals surface area contributed by atoms with Crippen molar-refractivity contribution in [2.24, 2.45) is 16.8 Å². The van der Waals surface area contributed by atoms with E-state index in [9.17, 15) is 10.2 Å². The van der Waals surface area contributed by atoms with Crippen LogP contribution in [-0.4, -0.2) is 41.4 Å². The summed E-state index contributed by atoms with van der Waals surface area (Å²) >= 11 is 0. The normalized spacial score (nSPS) is 29.3. The van der Waals surface area contributed by atoms with E-state index in [2.05, 4.69) is 108 Å². The molecule has 244 valence electrons. The van der Waals surface area contributed by atoms with E-state index in [0.29, 0.717) is 35.1 Å². The Morgan fingerprint density at radius 3 is 2.07 bits per heavy atom. The molecule has 4 aliphatic rings. The maximum Gasteiger partial charge on any atom is 0.121 e. The van der Waals surface area contributed by atoms with Crippen LogP contribution < -0.4 is 25.5 Å². The van der Waals surface area contributed by atoms with Gasteiger partial charge in [-0.05, 0) is 98.9 Å². The van der Waals surface area contributed by atoms with Crippen LogP contribution in [0.2, 0.25) is 0 Å². The molecular formula is C40H51N4O2-. The fourth-order valence-electron chi connectivity index (χ4n) is 9.94. The van der Waals surface area contributed by atoms with Crippen LogP contribution in [-0.2, 0) is 10.8 Å². The molecular weight excluding hydrogens is 568 g/mol. The molecule has 0 saturated heterocycles. The van der Waals surface area contributed by atoms with Crippen molar-refractivity contribution in [3.8, 4) is 0 Å². The number of H-pyrrole nitrogens is 1. The van der Waals surface area contributed by atoms with Gasteiger partial charge in [-0.25, -0.2) is 0 Å². The molecule has 5 atom stereocenters. The lowest BCUT2D eigenvalue weighted by molar-refractivity contribution is -0.382. The summed E-state index contributed by atoms with van der Waals surface area (Å²) in [7, 11) is 0. The highest BCUT2D eigenvalue weighted by molar-refractivity contribution is 6.09. The Morgan fingerprint density at radius 2 is 1.50 bits per heavy atom. The number of hydrogen-bond acceptors (Lipinski definition) is 5. The Labute approximate surface area is 274 Å². The summed E-state index contributed by atoms with van der Waals surface area (Å²) < 4.78 is 0.